The molecule has 1 aromatic carbocycles. The molecule has 1 aromatic rings. The lowest BCUT2D eigenvalue weighted by Crippen LogP contribution is -2.35. The van der Waals surface area contributed by atoms with Gasteiger partial charge < -0.3 is 10.5 Å². The zero-order chi connectivity index (χ0) is 13.5. The van der Waals surface area contributed by atoms with E-state index < -0.39 is 0 Å². The third-order valence-corrected chi connectivity index (χ3v) is 5.55. The van der Waals surface area contributed by atoms with Crippen LogP contribution in [0.1, 0.15) is 47.9 Å². The molecule has 0 atom stereocenters. The number of benzene rings is 1. The van der Waals surface area contributed by atoms with Crippen LogP contribution in [0.3, 0.4) is 0 Å². The van der Waals surface area contributed by atoms with Crippen molar-refractivity contribution >= 4 is 15.9 Å². The number of hydrogen-bond donors (Lipinski definition) is 1. The molecule has 1 aliphatic carbocycles. The first-order chi connectivity index (χ1) is 8.42. The molecule has 0 radical (unpaired) electrons. The molecule has 0 aliphatic heterocycles. The van der Waals surface area contributed by atoms with E-state index in [4.69, 9.17) is 10.5 Å². The van der Waals surface area contributed by atoms with Crippen LogP contribution < -0.4 is 10.5 Å². The van der Waals surface area contributed by atoms with Crippen LogP contribution in [-0.4, -0.2) is 7.11 Å². The van der Waals surface area contributed by atoms with E-state index in [2.05, 4.69) is 36.7 Å². The maximum atomic E-state index is 6.64. The summed E-state index contributed by atoms with van der Waals surface area (Å²) in [6.45, 7) is 6.37. The molecule has 18 heavy (non-hydrogen) atoms. The summed E-state index contributed by atoms with van der Waals surface area (Å²) in [5, 5.41) is 0. The van der Waals surface area contributed by atoms with Gasteiger partial charge in [-0.05, 0) is 50.3 Å². The summed E-state index contributed by atoms with van der Waals surface area (Å²) in [6.07, 6.45) is 4.53. The van der Waals surface area contributed by atoms with E-state index in [-0.39, 0.29) is 5.54 Å². The van der Waals surface area contributed by atoms with Crippen molar-refractivity contribution in [2.45, 2.75) is 52.0 Å². The highest BCUT2D eigenvalue weighted by Gasteiger charge is 2.36. The Morgan fingerprint density at radius 2 is 1.61 bits per heavy atom. The first-order valence-corrected chi connectivity index (χ1v) is 7.34. The van der Waals surface area contributed by atoms with Crippen molar-refractivity contribution in [1.82, 2.24) is 0 Å². The van der Waals surface area contributed by atoms with Crippen molar-refractivity contribution in [3.05, 3.63) is 26.7 Å². The number of halogens is 1. The van der Waals surface area contributed by atoms with Gasteiger partial charge in [-0.2, -0.15) is 0 Å². The second-order valence-electron chi connectivity index (χ2n) is 5.46. The van der Waals surface area contributed by atoms with Gasteiger partial charge in [0.2, 0.25) is 0 Å². The summed E-state index contributed by atoms with van der Waals surface area (Å²) in [6, 6.07) is 0. The highest BCUT2D eigenvalue weighted by Crippen LogP contribution is 2.46. The lowest BCUT2D eigenvalue weighted by atomic mass is 9.83. The molecule has 100 valence electrons. The van der Waals surface area contributed by atoms with Crippen LogP contribution in [0, 0.1) is 20.8 Å². The van der Waals surface area contributed by atoms with Crippen LogP contribution >= 0.6 is 15.9 Å². The quantitative estimate of drug-likeness (QED) is 0.892. The Morgan fingerprint density at radius 3 is 2.11 bits per heavy atom. The molecule has 1 saturated carbocycles. The summed E-state index contributed by atoms with van der Waals surface area (Å²) in [5.41, 5.74) is 11.3. The highest BCUT2D eigenvalue weighted by atomic mass is 79.9. The van der Waals surface area contributed by atoms with Crippen molar-refractivity contribution in [3.63, 3.8) is 0 Å². The SMILES string of the molecule is COc1c(C)c(C)c(Br)c(C)c1C1(N)CCCC1. The molecule has 0 unspecified atom stereocenters. The molecule has 3 heteroatoms. The number of rotatable bonds is 2. The Balaban J connectivity index is 2.72. The Hall–Kier alpha value is -0.540. The first kappa shape index (κ1) is 13.9. The van der Waals surface area contributed by atoms with Gasteiger partial charge in [-0.25, -0.2) is 0 Å². The first-order valence-electron chi connectivity index (χ1n) is 6.55. The summed E-state index contributed by atoms with van der Waals surface area (Å²) >= 11 is 3.70. The van der Waals surface area contributed by atoms with Crippen LogP contribution in [0.15, 0.2) is 4.47 Å². The minimum Gasteiger partial charge on any atom is -0.496 e. The largest absolute Gasteiger partial charge is 0.496 e. The molecule has 2 N–H and O–H groups in total. The van der Waals surface area contributed by atoms with Gasteiger partial charge in [0.1, 0.15) is 5.75 Å². The summed E-state index contributed by atoms with van der Waals surface area (Å²) in [4.78, 5) is 0. The zero-order valence-corrected chi connectivity index (χ0v) is 13.3. The van der Waals surface area contributed by atoms with Crippen molar-refractivity contribution in [2.75, 3.05) is 7.11 Å². The van der Waals surface area contributed by atoms with Gasteiger partial charge >= 0.3 is 0 Å². The molecule has 2 rings (SSSR count). The van der Waals surface area contributed by atoms with E-state index in [0.29, 0.717) is 0 Å². The predicted octanol–water partition coefficient (Wildman–Crippen LogP) is 4.11. The van der Waals surface area contributed by atoms with E-state index in [1.165, 1.54) is 39.6 Å². The maximum Gasteiger partial charge on any atom is 0.127 e. The molecule has 0 saturated heterocycles. The van der Waals surface area contributed by atoms with Gasteiger partial charge in [0.25, 0.3) is 0 Å². The Labute approximate surface area is 118 Å². The van der Waals surface area contributed by atoms with E-state index in [1.54, 1.807) is 7.11 Å². The van der Waals surface area contributed by atoms with E-state index >= 15 is 0 Å². The fourth-order valence-corrected chi connectivity index (χ4v) is 3.69. The third-order valence-electron chi connectivity index (χ3n) is 4.36. The number of methoxy groups -OCH3 is 1. The minimum atomic E-state index is -0.212. The molecule has 0 bridgehead atoms. The topological polar surface area (TPSA) is 35.2 Å². The van der Waals surface area contributed by atoms with Crippen molar-refractivity contribution < 1.29 is 4.74 Å². The van der Waals surface area contributed by atoms with Gasteiger partial charge in [-0.15, -0.1) is 0 Å². The molecule has 2 nitrogen and oxygen atoms in total. The Kier molecular flexibility index (Phi) is 3.75. The van der Waals surface area contributed by atoms with Crippen LogP contribution in [-0.2, 0) is 5.54 Å². The van der Waals surface area contributed by atoms with Gasteiger partial charge in [-0.1, -0.05) is 28.8 Å². The van der Waals surface area contributed by atoms with Gasteiger partial charge in [0.15, 0.2) is 0 Å². The predicted molar refractivity (Wildman–Crippen MR) is 79.2 cm³/mol. The zero-order valence-electron chi connectivity index (χ0n) is 11.7. The standard InChI is InChI=1S/C15H22BrNO/c1-9-10(2)14(18-4)12(11(3)13(9)16)15(17)7-5-6-8-15/h5-8,17H2,1-4H3. The summed E-state index contributed by atoms with van der Waals surface area (Å²) < 4.78 is 6.84. The van der Waals surface area contributed by atoms with Gasteiger partial charge in [0, 0.05) is 15.6 Å². The average molecular weight is 312 g/mol. The average Bonchev–Trinajstić information content (AvgIpc) is 2.78. The molecule has 0 aromatic heterocycles. The normalized spacial score (nSPS) is 18.1. The molecule has 0 heterocycles. The fourth-order valence-electron chi connectivity index (χ4n) is 3.19. The molecular formula is C15H22BrNO. The van der Waals surface area contributed by atoms with E-state index in [9.17, 15) is 0 Å². The summed E-state index contributed by atoms with van der Waals surface area (Å²) in [7, 11) is 1.75. The summed E-state index contributed by atoms with van der Waals surface area (Å²) in [5.74, 6) is 0.984. The smallest absolute Gasteiger partial charge is 0.127 e. The lowest BCUT2D eigenvalue weighted by Gasteiger charge is -2.30. The fraction of sp³-hybridized carbons (Fsp3) is 0.600. The van der Waals surface area contributed by atoms with E-state index in [0.717, 1.165) is 18.6 Å². The van der Waals surface area contributed by atoms with Crippen molar-refractivity contribution in [1.29, 1.82) is 0 Å². The highest BCUT2D eigenvalue weighted by molar-refractivity contribution is 9.10. The van der Waals surface area contributed by atoms with Crippen molar-refractivity contribution in [2.24, 2.45) is 5.73 Å². The number of hydrogen-bond acceptors (Lipinski definition) is 2. The van der Waals surface area contributed by atoms with Gasteiger partial charge in [-0.3, -0.25) is 0 Å². The minimum absolute atomic E-state index is 0.212. The molecule has 0 amide bonds. The van der Waals surface area contributed by atoms with Crippen LogP contribution in [0.2, 0.25) is 0 Å². The monoisotopic (exact) mass is 311 g/mol. The Bertz CT molecular complexity index is 476. The maximum absolute atomic E-state index is 6.64. The second kappa shape index (κ2) is 4.86. The molecule has 0 spiro atoms. The van der Waals surface area contributed by atoms with E-state index in [1.807, 2.05) is 0 Å². The molecule has 1 fully saturated rings. The third kappa shape index (κ3) is 1.97. The van der Waals surface area contributed by atoms with Gasteiger partial charge in [0.05, 0.1) is 7.11 Å². The van der Waals surface area contributed by atoms with Crippen LogP contribution in [0.5, 0.6) is 5.75 Å². The Morgan fingerprint density at radius 1 is 1.06 bits per heavy atom. The number of ether oxygens (including phenoxy) is 1. The molecule has 1 aliphatic rings. The van der Waals surface area contributed by atoms with Crippen LogP contribution in [0.4, 0.5) is 0 Å². The number of nitrogens with two attached hydrogens (primary N) is 1. The molecular weight excluding hydrogens is 290 g/mol. The van der Waals surface area contributed by atoms with Crippen LogP contribution in [0.25, 0.3) is 0 Å². The lowest BCUT2D eigenvalue weighted by molar-refractivity contribution is 0.374. The second-order valence-corrected chi connectivity index (χ2v) is 6.25. The van der Waals surface area contributed by atoms with Crippen molar-refractivity contribution in [3.8, 4) is 5.75 Å².